The van der Waals surface area contributed by atoms with Crippen LogP contribution in [-0.2, 0) is 11.3 Å². The van der Waals surface area contributed by atoms with Crippen LogP contribution in [0.1, 0.15) is 51.2 Å². The maximum Gasteiger partial charge on any atom is 0.321 e. The molecule has 2 unspecified atom stereocenters. The molecule has 6 heteroatoms. The molecule has 106 valence electrons. The van der Waals surface area contributed by atoms with E-state index in [-0.39, 0.29) is 11.8 Å². The van der Waals surface area contributed by atoms with Gasteiger partial charge in [-0.3, -0.25) is 9.69 Å². The third kappa shape index (κ3) is 3.12. The molecule has 2 rings (SSSR count). The van der Waals surface area contributed by atoms with Crippen LogP contribution < -0.4 is 0 Å². The van der Waals surface area contributed by atoms with Gasteiger partial charge in [-0.1, -0.05) is 25.9 Å². The van der Waals surface area contributed by atoms with Crippen molar-refractivity contribution < 1.29 is 14.4 Å². The number of piperidine rings is 1. The molecule has 1 fully saturated rings. The minimum Gasteiger partial charge on any atom is -0.480 e. The van der Waals surface area contributed by atoms with Crippen molar-refractivity contribution in [3.05, 3.63) is 11.7 Å². The summed E-state index contributed by atoms with van der Waals surface area (Å²) in [6, 6.07) is -0.455. The zero-order chi connectivity index (χ0) is 14.0. The van der Waals surface area contributed by atoms with E-state index in [4.69, 9.17) is 4.52 Å². The molecule has 1 aliphatic heterocycles. The maximum atomic E-state index is 11.4. The van der Waals surface area contributed by atoms with Crippen molar-refractivity contribution in [3.63, 3.8) is 0 Å². The lowest BCUT2D eigenvalue weighted by atomic mass is 9.91. The number of carboxylic acid groups (broad SMARTS) is 1. The van der Waals surface area contributed by atoms with E-state index in [9.17, 15) is 9.90 Å². The Balaban J connectivity index is 2.09. The standard InChI is InChI=1S/C13H21N3O3/c1-8(2)12-14-10(19-15-12)7-16-6-4-5-9(3)11(16)13(17)18/h8-9,11H,4-7H2,1-3H3,(H,17,18). The van der Waals surface area contributed by atoms with E-state index >= 15 is 0 Å². The quantitative estimate of drug-likeness (QED) is 0.897. The van der Waals surface area contributed by atoms with E-state index in [1.54, 1.807) is 0 Å². The van der Waals surface area contributed by atoms with Gasteiger partial charge in [0.1, 0.15) is 6.04 Å². The van der Waals surface area contributed by atoms with Crippen molar-refractivity contribution in [2.75, 3.05) is 6.54 Å². The van der Waals surface area contributed by atoms with Crippen LogP contribution in [0.25, 0.3) is 0 Å². The molecule has 1 saturated heterocycles. The van der Waals surface area contributed by atoms with Crippen LogP contribution in [-0.4, -0.2) is 38.7 Å². The summed E-state index contributed by atoms with van der Waals surface area (Å²) < 4.78 is 5.20. The van der Waals surface area contributed by atoms with Gasteiger partial charge < -0.3 is 9.63 Å². The van der Waals surface area contributed by atoms with Crippen molar-refractivity contribution in [3.8, 4) is 0 Å². The number of aromatic nitrogens is 2. The molecule has 2 heterocycles. The molecule has 0 aliphatic carbocycles. The van der Waals surface area contributed by atoms with Gasteiger partial charge in [0.25, 0.3) is 0 Å². The van der Waals surface area contributed by atoms with E-state index in [1.165, 1.54) is 0 Å². The molecule has 1 aromatic rings. The molecule has 6 nitrogen and oxygen atoms in total. The van der Waals surface area contributed by atoms with Crippen molar-refractivity contribution in [1.29, 1.82) is 0 Å². The third-order valence-electron chi connectivity index (χ3n) is 3.63. The highest BCUT2D eigenvalue weighted by Gasteiger charge is 2.35. The molecule has 0 aromatic carbocycles. The van der Waals surface area contributed by atoms with Gasteiger partial charge in [-0.2, -0.15) is 4.98 Å². The Labute approximate surface area is 112 Å². The lowest BCUT2D eigenvalue weighted by molar-refractivity contribution is -0.147. The Kier molecular flexibility index (Phi) is 4.19. The predicted molar refractivity (Wildman–Crippen MR) is 68.6 cm³/mol. The second-order valence-corrected chi connectivity index (χ2v) is 5.57. The zero-order valence-corrected chi connectivity index (χ0v) is 11.7. The second-order valence-electron chi connectivity index (χ2n) is 5.57. The molecule has 0 amide bonds. The van der Waals surface area contributed by atoms with Crippen LogP contribution in [0.4, 0.5) is 0 Å². The fourth-order valence-electron chi connectivity index (χ4n) is 2.59. The van der Waals surface area contributed by atoms with Crippen molar-refractivity contribution >= 4 is 5.97 Å². The predicted octanol–water partition coefficient (Wildman–Crippen LogP) is 1.88. The number of carboxylic acids is 1. The van der Waals surface area contributed by atoms with E-state index < -0.39 is 12.0 Å². The monoisotopic (exact) mass is 267 g/mol. The summed E-state index contributed by atoms with van der Waals surface area (Å²) in [5, 5.41) is 13.3. The highest BCUT2D eigenvalue weighted by atomic mass is 16.5. The molecule has 2 atom stereocenters. The van der Waals surface area contributed by atoms with E-state index in [2.05, 4.69) is 10.1 Å². The number of nitrogens with zero attached hydrogens (tertiary/aromatic N) is 3. The Morgan fingerprint density at radius 1 is 1.58 bits per heavy atom. The summed E-state index contributed by atoms with van der Waals surface area (Å²) in [5.41, 5.74) is 0. The maximum absolute atomic E-state index is 11.4. The topological polar surface area (TPSA) is 79.5 Å². The number of rotatable bonds is 4. The van der Waals surface area contributed by atoms with Crippen molar-refractivity contribution in [2.45, 2.75) is 52.1 Å². The fourth-order valence-corrected chi connectivity index (χ4v) is 2.59. The van der Waals surface area contributed by atoms with Gasteiger partial charge in [-0.05, 0) is 25.3 Å². The normalized spacial score (nSPS) is 24.8. The Morgan fingerprint density at radius 3 is 2.89 bits per heavy atom. The average molecular weight is 267 g/mol. The molecule has 0 spiro atoms. The first-order chi connectivity index (χ1) is 8.99. The summed E-state index contributed by atoms with van der Waals surface area (Å²) in [5.74, 6) is 0.776. The molecule has 19 heavy (non-hydrogen) atoms. The lowest BCUT2D eigenvalue weighted by Gasteiger charge is -2.36. The number of aliphatic carboxylic acids is 1. The average Bonchev–Trinajstić information content (AvgIpc) is 2.77. The fraction of sp³-hybridized carbons (Fsp3) is 0.769. The van der Waals surface area contributed by atoms with Gasteiger partial charge in [-0.25, -0.2) is 0 Å². The van der Waals surface area contributed by atoms with Crippen LogP contribution in [0.3, 0.4) is 0 Å². The molecule has 0 radical (unpaired) electrons. The Hall–Kier alpha value is -1.43. The van der Waals surface area contributed by atoms with Crippen LogP contribution in [0.15, 0.2) is 4.52 Å². The molecule has 1 aromatic heterocycles. The minimum atomic E-state index is -0.768. The minimum absolute atomic E-state index is 0.152. The number of hydrogen-bond acceptors (Lipinski definition) is 5. The summed E-state index contributed by atoms with van der Waals surface area (Å²) in [4.78, 5) is 17.6. The van der Waals surface area contributed by atoms with Crippen LogP contribution in [0.5, 0.6) is 0 Å². The molecular formula is C13H21N3O3. The smallest absolute Gasteiger partial charge is 0.321 e. The van der Waals surface area contributed by atoms with Gasteiger partial charge in [0.15, 0.2) is 5.82 Å². The second kappa shape index (κ2) is 5.69. The summed E-state index contributed by atoms with van der Waals surface area (Å²) >= 11 is 0. The first kappa shape index (κ1) is 14.0. The van der Waals surface area contributed by atoms with Crippen LogP contribution in [0, 0.1) is 5.92 Å². The highest BCUT2D eigenvalue weighted by molar-refractivity contribution is 5.74. The molecule has 0 bridgehead atoms. The summed E-state index contributed by atoms with van der Waals surface area (Å²) in [6.45, 7) is 7.16. The Morgan fingerprint density at radius 2 is 2.32 bits per heavy atom. The Bertz CT molecular complexity index is 444. The van der Waals surface area contributed by atoms with Gasteiger partial charge in [0, 0.05) is 5.92 Å². The van der Waals surface area contributed by atoms with Gasteiger partial charge in [0.2, 0.25) is 5.89 Å². The summed E-state index contributed by atoms with van der Waals surface area (Å²) in [7, 11) is 0. The van der Waals surface area contributed by atoms with Gasteiger partial charge >= 0.3 is 5.97 Å². The van der Waals surface area contributed by atoms with Crippen LogP contribution >= 0.6 is 0 Å². The SMILES string of the molecule is CC(C)c1noc(CN2CCCC(C)C2C(=O)O)n1. The first-order valence-corrected chi connectivity index (χ1v) is 6.78. The third-order valence-corrected chi connectivity index (χ3v) is 3.63. The van der Waals surface area contributed by atoms with Gasteiger partial charge in [-0.15, -0.1) is 0 Å². The van der Waals surface area contributed by atoms with Crippen molar-refractivity contribution in [2.24, 2.45) is 5.92 Å². The molecule has 1 aliphatic rings. The first-order valence-electron chi connectivity index (χ1n) is 6.78. The van der Waals surface area contributed by atoms with E-state index in [1.807, 2.05) is 25.7 Å². The summed E-state index contributed by atoms with van der Waals surface area (Å²) in [6.07, 6.45) is 1.96. The van der Waals surface area contributed by atoms with E-state index in [0.717, 1.165) is 19.4 Å². The largest absolute Gasteiger partial charge is 0.480 e. The molecular weight excluding hydrogens is 246 g/mol. The lowest BCUT2D eigenvalue weighted by Crippen LogP contribution is -2.48. The van der Waals surface area contributed by atoms with Gasteiger partial charge in [0.05, 0.1) is 6.54 Å². The molecule has 1 N–H and O–H groups in total. The van der Waals surface area contributed by atoms with E-state index in [0.29, 0.717) is 18.3 Å². The van der Waals surface area contributed by atoms with Crippen molar-refractivity contribution in [1.82, 2.24) is 15.0 Å². The molecule has 0 saturated carbocycles. The number of hydrogen-bond donors (Lipinski definition) is 1. The highest BCUT2D eigenvalue weighted by Crippen LogP contribution is 2.25. The van der Waals surface area contributed by atoms with Crippen LogP contribution in [0.2, 0.25) is 0 Å². The number of likely N-dealkylation sites (tertiary alicyclic amines) is 1. The number of carbonyl (C=O) groups is 1. The zero-order valence-electron chi connectivity index (χ0n) is 11.7.